The molecule has 0 saturated carbocycles. The third-order valence-electron chi connectivity index (χ3n) is 5.51. The second kappa shape index (κ2) is 19.3. The Morgan fingerprint density at radius 2 is 1.03 bits per heavy atom. The zero-order valence-corrected chi connectivity index (χ0v) is 22.8. The summed E-state index contributed by atoms with van der Waals surface area (Å²) in [5.74, 6) is 1.39. The van der Waals surface area contributed by atoms with E-state index in [1.54, 1.807) is 0 Å². The van der Waals surface area contributed by atoms with Gasteiger partial charge in [-0.1, -0.05) is 84.0 Å². The number of hydrogen-bond acceptors (Lipinski definition) is 3. The molecule has 0 aliphatic rings. The molecule has 0 heterocycles. The van der Waals surface area contributed by atoms with Gasteiger partial charge in [0.1, 0.15) is 6.54 Å². The Balaban J connectivity index is 0. The summed E-state index contributed by atoms with van der Waals surface area (Å²) >= 11 is 0. The van der Waals surface area contributed by atoms with Gasteiger partial charge in [-0.05, 0) is 23.7 Å². The van der Waals surface area contributed by atoms with Crippen molar-refractivity contribution in [2.24, 2.45) is 0 Å². The molecule has 196 valence electrons. The first-order valence-electron chi connectivity index (χ1n) is 12.1. The number of unbranched alkanes of at least 4 members (excludes halogenated alkanes) is 13. The van der Waals surface area contributed by atoms with Crippen LogP contribution in [0.2, 0.25) is 0 Å². The lowest BCUT2D eigenvalue weighted by atomic mass is 10.0. The number of quaternary nitrogens is 1. The zero-order chi connectivity index (χ0) is 25.1. The van der Waals surface area contributed by atoms with Crippen LogP contribution in [-0.2, 0) is 21.0 Å². The molecule has 4 nitrogen and oxygen atoms in total. The van der Waals surface area contributed by atoms with E-state index in [-0.39, 0.29) is 0 Å². The van der Waals surface area contributed by atoms with Gasteiger partial charge in [0, 0.05) is 0 Å². The third-order valence-corrected chi connectivity index (χ3v) is 7.07. The molecule has 0 saturated heterocycles. The van der Waals surface area contributed by atoms with Crippen LogP contribution in [0.3, 0.4) is 0 Å². The maximum atomic E-state index is 10.7. The molecule has 0 rings (SSSR count). The summed E-state index contributed by atoms with van der Waals surface area (Å²) in [6.45, 7) is 5.02. The lowest BCUT2D eigenvalue weighted by molar-refractivity contribution is -0.888. The molecule has 0 fully saturated rings. The van der Waals surface area contributed by atoms with Crippen LogP contribution < -0.4 is 0 Å². The molecule has 0 unspecified atom stereocenters. The average molecular weight is 509 g/mol. The molecule has 0 aliphatic heterocycles. The van der Waals surface area contributed by atoms with Gasteiger partial charge in [-0.3, -0.25) is 0 Å². The molecule has 0 radical (unpaired) electrons. The van der Waals surface area contributed by atoms with Gasteiger partial charge in [-0.15, -0.1) is 0 Å². The van der Waals surface area contributed by atoms with Crippen LogP contribution in [0.15, 0.2) is 0 Å². The quantitative estimate of drug-likeness (QED) is 0.0700. The van der Waals surface area contributed by atoms with E-state index in [1.165, 1.54) is 113 Å². The van der Waals surface area contributed by atoms with Crippen molar-refractivity contribution in [1.82, 2.24) is 0 Å². The molecular formula is C23H49F3NO3S2+. The van der Waals surface area contributed by atoms with Crippen LogP contribution in [0, 0.1) is 0 Å². The highest BCUT2D eigenvalue weighted by Gasteiger charge is 2.36. The molecule has 0 aromatic carbocycles. The monoisotopic (exact) mass is 508 g/mol. The summed E-state index contributed by atoms with van der Waals surface area (Å²) in [6.07, 6.45) is 25.1. The lowest BCUT2D eigenvalue weighted by Crippen LogP contribution is -2.43. The van der Waals surface area contributed by atoms with Crippen molar-refractivity contribution < 1.29 is 30.6 Å². The highest BCUT2D eigenvalue weighted by molar-refractivity contribution is 7.95. The van der Waals surface area contributed by atoms with Crippen LogP contribution in [0.5, 0.6) is 0 Å². The molecule has 32 heavy (non-hydrogen) atoms. The SMILES string of the molecule is CCCCCCCCCCCCCCCC[N+](C)(C)CC[S+](C)C.O=S(=O)([O-])C(F)(F)F. The molecule has 0 amide bonds. The van der Waals surface area contributed by atoms with E-state index in [0.29, 0.717) is 10.9 Å². The summed E-state index contributed by atoms with van der Waals surface area (Å²) in [6, 6.07) is 0. The predicted molar refractivity (Wildman–Crippen MR) is 132 cm³/mol. The molecule has 0 aromatic rings. The molecule has 0 bridgehead atoms. The molecule has 0 N–H and O–H groups in total. The minimum Gasteiger partial charge on any atom is -0.741 e. The Hall–Kier alpha value is 0.01000. The minimum atomic E-state index is -6.09. The van der Waals surface area contributed by atoms with Crippen molar-refractivity contribution in [1.29, 1.82) is 0 Å². The highest BCUT2D eigenvalue weighted by Crippen LogP contribution is 2.20. The van der Waals surface area contributed by atoms with Crippen LogP contribution >= 0.6 is 0 Å². The molecular weight excluding hydrogens is 459 g/mol. The maximum Gasteiger partial charge on any atom is 0.485 e. The first-order chi connectivity index (χ1) is 14.7. The summed E-state index contributed by atoms with van der Waals surface area (Å²) in [5.41, 5.74) is -5.65. The average Bonchev–Trinajstić information content (AvgIpc) is 2.65. The zero-order valence-electron chi connectivity index (χ0n) is 21.1. The van der Waals surface area contributed by atoms with Gasteiger partial charge >= 0.3 is 5.51 Å². The number of hydrogen-bond donors (Lipinski definition) is 0. The third kappa shape index (κ3) is 24.6. The summed E-state index contributed by atoms with van der Waals surface area (Å²) in [4.78, 5) is 0. The fourth-order valence-corrected chi connectivity index (χ4v) is 4.14. The van der Waals surface area contributed by atoms with Gasteiger partial charge < -0.3 is 9.04 Å². The van der Waals surface area contributed by atoms with Gasteiger partial charge in [0.2, 0.25) is 0 Å². The highest BCUT2D eigenvalue weighted by atomic mass is 32.2. The van der Waals surface area contributed by atoms with Crippen LogP contribution in [0.1, 0.15) is 96.8 Å². The topological polar surface area (TPSA) is 57.2 Å². The van der Waals surface area contributed by atoms with Crippen LogP contribution in [-0.4, -0.2) is 68.4 Å². The van der Waals surface area contributed by atoms with Crippen molar-refractivity contribution in [3.8, 4) is 0 Å². The number of alkyl halides is 3. The molecule has 0 atom stereocenters. The van der Waals surface area contributed by atoms with Crippen molar-refractivity contribution in [3.63, 3.8) is 0 Å². The normalized spacial score (nSPS) is 12.7. The van der Waals surface area contributed by atoms with Crippen LogP contribution in [0.25, 0.3) is 0 Å². The Bertz CT molecular complexity index is 525. The van der Waals surface area contributed by atoms with E-state index in [4.69, 9.17) is 13.0 Å². The van der Waals surface area contributed by atoms with Crippen molar-refractivity contribution in [3.05, 3.63) is 0 Å². The lowest BCUT2D eigenvalue weighted by Gasteiger charge is -2.28. The van der Waals surface area contributed by atoms with E-state index in [1.807, 2.05) is 0 Å². The maximum absolute atomic E-state index is 10.7. The van der Waals surface area contributed by atoms with E-state index < -0.39 is 15.6 Å². The van der Waals surface area contributed by atoms with E-state index in [9.17, 15) is 13.2 Å². The fourth-order valence-electron chi connectivity index (χ4n) is 3.28. The Morgan fingerprint density at radius 1 is 0.719 bits per heavy atom. The second-order valence-electron chi connectivity index (χ2n) is 9.57. The largest absolute Gasteiger partial charge is 0.741 e. The predicted octanol–water partition coefficient (Wildman–Crippen LogP) is 6.47. The van der Waals surface area contributed by atoms with Gasteiger partial charge in [-0.2, -0.15) is 13.2 Å². The number of halogens is 3. The van der Waals surface area contributed by atoms with E-state index >= 15 is 0 Å². The number of nitrogens with zero attached hydrogens (tertiary/aromatic N) is 1. The van der Waals surface area contributed by atoms with Gasteiger partial charge in [0.05, 0.1) is 33.2 Å². The summed E-state index contributed by atoms with van der Waals surface area (Å²) in [7, 11) is -0.662. The van der Waals surface area contributed by atoms with Crippen molar-refractivity contribution in [2.45, 2.75) is 102 Å². The first kappa shape index (κ1) is 34.2. The number of rotatable bonds is 18. The second-order valence-corrected chi connectivity index (χ2v) is 13.3. The smallest absolute Gasteiger partial charge is 0.485 e. The Kier molecular flexibility index (Phi) is 20.6. The molecule has 0 spiro atoms. The van der Waals surface area contributed by atoms with E-state index in [2.05, 4.69) is 33.5 Å². The van der Waals surface area contributed by atoms with Gasteiger partial charge in [0.15, 0.2) is 15.9 Å². The molecule has 9 heteroatoms. The van der Waals surface area contributed by atoms with Gasteiger partial charge in [-0.25, -0.2) is 8.42 Å². The van der Waals surface area contributed by atoms with Gasteiger partial charge in [0.25, 0.3) is 0 Å². The molecule has 0 aliphatic carbocycles. The minimum absolute atomic E-state index is 0.604. The Morgan fingerprint density at radius 3 is 1.31 bits per heavy atom. The molecule has 0 aromatic heterocycles. The fraction of sp³-hybridized carbons (Fsp3) is 1.00. The summed E-state index contributed by atoms with van der Waals surface area (Å²) in [5, 5.41) is 0. The van der Waals surface area contributed by atoms with Crippen molar-refractivity contribution in [2.75, 3.05) is 45.4 Å². The van der Waals surface area contributed by atoms with E-state index in [0.717, 1.165) is 0 Å². The van der Waals surface area contributed by atoms with Crippen molar-refractivity contribution >= 4 is 21.0 Å². The van der Waals surface area contributed by atoms with Crippen LogP contribution in [0.4, 0.5) is 13.2 Å². The Labute approximate surface area is 199 Å². The first-order valence-corrected chi connectivity index (χ1v) is 15.7. The summed E-state index contributed by atoms with van der Waals surface area (Å²) < 4.78 is 60.1. The standard InChI is InChI=1S/C22H49NS.CHF3O3S/c1-6-7-8-9-10-11-12-13-14-15-16-17-18-19-20-23(2,3)21-22-24(4)5;2-1(3,4)8(5,6)7/h6-22H2,1-5H3;(H,5,6,7)/q+2;/p-1.